The SMILES string of the molecule is CCN(CCO)C(=O)C(=O)Nc1ccc(OC)cc1. The number of rotatable bonds is 5. The first-order valence-corrected chi connectivity index (χ1v) is 5.97. The van der Waals surface area contributed by atoms with Crippen LogP contribution in [0.4, 0.5) is 5.69 Å². The van der Waals surface area contributed by atoms with Gasteiger partial charge in [0, 0.05) is 18.8 Å². The zero-order valence-corrected chi connectivity index (χ0v) is 11.0. The Hall–Kier alpha value is -2.08. The van der Waals surface area contributed by atoms with Crippen LogP contribution >= 0.6 is 0 Å². The normalized spacial score (nSPS) is 9.84. The molecule has 0 aliphatic heterocycles. The predicted molar refractivity (Wildman–Crippen MR) is 71.0 cm³/mol. The van der Waals surface area contributed by atoms with E-state index in [4.69, 9.17) is 9.84 Å². The van der Waals surface area contributed by atoms with Gasteiger partial charge in [0.2, 0.25) is 0 Å². The number of methoxy groups -OCH3 is 1. The minimum Gasteiger partial charge on any atom is -0.497 e. The average molecular weight is 266 g/mol. The third kappa shape index (κ3) is 4.26. The number of nitrogens with zero attached hydrogens (tertiary/aromatic N) is 1. The third-order valence-corrected chi connectivity index (χ3v) is 2.58. The Bertz CT molecular complexity index is 431. The molecule has 0 saturated heterocycles. The van der Waals surface area contributed by atoms with Crippen molar-refractivity contribution in [1.29, 1.82) is 0 Å². The summed E-state index contributed by atoms with van der Waals surface area (Å²) < 4.78 is 4.99. The summed E-state index contributed by atoms with van der Waals surface area (Å²) in [5.41, 5.74) is 0.513. The number of aliphatic hydroxyl groups excluding tert-OH is 1. The van der Waals surface area contributed by atoms with E-state index in [-0.39, 0.29) is 13.2 Å². The molecule has 0 aliphatic carbocycles. The Morgan fingerprint density at radius 1 is 1.32 bits per heavy atom. The van der Waals surface area contributed by atoms with Gasteiger partial charge in [0.05, 0.1) is 13.7 Å². The van der Waals surface area contributed by atoms with Crippen LogP contribution in [0.3, 0.4) is 0 Å². The lowest BCUT2D eigenvalue weighted by atomic mass is 10.3. The number of hydrogen-bond donors (Lipinski definition) is 2. The van der Waals surface area contributed by atoms with Gasteiger partial charge in [-0.15, -0.1) is 0 Å². The Kier molecular flexibility index (Phi) is 5.81. The number of anilines is 1. The van der Waals surface area contributed by atoms with Crippen LogP contribution in [0.15, 0.2) is 24.3 Å². The second kappa shape index (κ2) is 7.38. The predicted octanol–water partition coefficient (Wildman–Crippen LogP) is 0.474. The first-order chi connectivity index (χ1) is 9.12. The van der Waals surface area contributed by atoms with Crippen LogP contribution in [0, 0.1) is 0 Å². The van der Waals surface area contributed by atoms with Crippen molar-refractivity contribution in [3.8, 4) is 5.75 Å². The maximum atomic E-state index is 11.8. The maximum Gasteiger partial charge on any atom is 0.313 e. The van der Waals surface area contributed by atoms with Crippen molar-refractivity contribution in [2.75, 3.05) is 32.1 Å². The molecule has 0 unspecified atom stereocenters. The van der Waals surface area contributed by atoms with Gasteiger partial charge >= 0.3 is 11.8 Å². The fraction of sp³-hybridized carbons (Fsp3) is 0.385. The molecule has 104 valence electrons. The molecule has 6 nitrogen and oxygen atoms in total. The molecule has 2 N–H and O–H groups in total. The monoisotopic (exact) mass is 266 g/mol. The molecule has 0 bridgehead atoms. The average Bonchev–Trinajstić information content (AvgIpc) is 2.44. The van der Waals surface area contributed by atoms with Crippen molar-refractivity contribution in [1.82, 2.24) is 4.90 Å². The number of amides is 2. The highest BCUT2D eigenvalue weighted by Crippen LogP contribution is 2.14. The van der Waals surface area contributed by atoms with Crippen molar-refractivity contribution in [3.63, 3.8) is 0 Å². The maximum absolute atomic E-state index is 11.8. The molecule has 2 amide bonds. The third-order valence-electron chi connectivity index (χ3n) is 2.58. The number of likely N-dealkylation sites (N-methyl/N-ethyl adjacent to an activating group) is 1. The molecule has 0 aromatic heterocycles. The minimum absolute atomic E-state index is 0.144. The molecule has 0 fully saturated rings. The molecule has 0 radical (unpaired) electrons. The van der Waals surface area contributed by atoms with Crippen molar-refractivity contribution < 1.29 is 19.4 Å². The summed E-state index contributed by atoms with van der Waals surface area (Å²) in [5, 5.41) is 11.3. The molecule has 0 spiro atoms. The van der Waals surface area contributed by atoms with Gasteiger partial charge in [0.25, 0.3) is 0 Å². The summed E-state index contributed by atoms with van der Waals surface area (Å²) in [6.45, 7) is 2.09. The van der Waals surface area contributed by atoms with Gasteiger partial charge in [-0.3, -0.25) is 9.59 Å². The molecule has 0 atom stereocenters. The number of carbonyl (C=O) groups is 2. The number of hydrogen-bond acceptors (Lipinski definition) is 4. The number of benzene rings is 1. The summed E-state index contributed by atoms with van der Waals surface area (Å²) in [6, 6.07) is 6.66. The van der Waals surface area contributed by atoms with Gasteiger partial charge in [0.1, 0.15) is 5.75 Å². The van der Waals surface area contributed by atoms with E-state index in [1.54, 1.807) is 38.3 Å². The molecule has 1 rings (SSSR count). The fourth-order valence-electron chi connectivity index (χ4n) is 1.53. The Balaban J connectivity index is 2.64. The lowest BCUT2D eigenvalue weighted by Gasteiger charge is -2.18. The van der Waals surface area contributed by atoms with Crippen LogP contribution in [0.5, 0.6) is 5.75 Å². The summed E-state index contributed by atoms with van der Waals surface area (Å²) in [7, 11) is 1.55. The smallest absolute Gasteiger partial charge is 0.313 e. The molecule has 1 aromatic rings. The van der Waals surface area contributed by atoms with Gasteiger partial charge in [-0.25, -0.2) is 0 Å². The molecule has 0 heterocycles. The van der Waals surface area contributed by atoms with E-state index in [0.717, 1.165) is 0 Å². The van der Waals surface area contributed by atoms with Gasteiger partial charge < -0.3 is 20.1 Å². The van der Waals surface area contributed by atoms with Crippen molar-refractivity contribution in [3.05, 3.63) is 24.3 Å². The van der Waals surface area contributed by atoms with Crippen LogP contribution < -0.4 is 10.1 Å². The number of aliphatic hydroxyl groups is 1. The highest BCUT2D eigenvalue weighted by molar-refractivity contribution is 6.39. The number of ether oxygens (including phenoxy) is 1. The first-order valence-electron chi connectivity index (χ1n) is 5.97. The van der Waals surface area contributed by atoms with E-state index in [9.17, 15) is 9.59 Å². The second-order valence-corrected chi connectivity index (χ2v) is 3.79. The summed E-state index contributed by atoms with van der Waals surface area (Å²) in [6.07, 6.45) is 0. The van der Waals surface area contributed by atoms with Crippen LogP contribution in [-0.2, 0) is 9.59 Å². The zero-order valence-electron chi connectivity index (χ0n) is 11.0. The van der Waals surface area contributed by atoms with E-state index < -0.39 is 11.8 Å². The second-order valence-electron chi connectivity index (χ2n) is 3.79. The van der Waals surface area contributed by atoms with E-state index in [1.807, 2.05) is 0 Å². The topological polar surface area (TPSA) is 78.9 Å². The lowest BCUT2D eigenvalue weighted by Crippen LogP contribution is -2.41. The summed E-state index contributed by atoms with van der Waals surface area (Å²) in [5.74, 6) is -0.715. The zero-order chi connectivity index (χ0) is 14.3. The highest BCUT2D eigenvalue weighted by atomic mass is 16.5. The minimum atomic E-state index is -0.722. The van der Waals surface area contributed by atoms with Crippen molar-refractivity contribution in [2.24, 2.45) is 0 Å². The Morgan fingerprint density at radius 3 is 2.42 bits per heavy atom. The van der Waals surface area contributed by atoms with E-state index >= 15 is 0 Å². The fourth-order valence-corrected chi connectivity index (χ4v) is 1.53. The van der Waals surface area contributed by atoms with Crippen LogP contribution in [-0.4, -0.2) is 48.6 Å². The first kappa shape index (κ1) is 15.0. The van der Waals surface area contributed by atoms with Gasteiger partial charge in [-0.1, -0.05) is 0 Å². The lowest BCUT2D eigenvalue weighted by molar-refractivity contribution is -0.143. The Labute approximate surface area is 112 Å². The van der Waals surface area contributed by atoms with Crippen molar-refractivity contribution >= 4 is 17.5 Å². The van der Waals surface area contributed by atoms with Crippen molar-refractivity contribution in [2.45, 2.75) is 6.92 Å². The Morgan fingerprint density at radius 2 is 1.95 bits per heavy atom. The van der Waals surface area contributed by atoms with E-state index in [2.05, 4.69) is 5.32 Å². The van der Waals surface area contributed by atoms with Crippen LogP contribution in [0.25, 0.3) is 0 Å². The molecule has 0 aliphatic rings. The summed E-state index contributed by atoms with van der Waals surface area (Å²) >= 11 is 0. The molecular formula is C13H18N2O4. The molecule has 0 saturated carbocycles. The molecule has 6 heteroatoms. The number of nitrogens with one attached hydrogen (secondary N) is 1. The van der Waals surface area contributed by atoms with E-state index in [0.29, 0.717) is 18.0 Å². The van der Waals surface area contributed by atoms with Crippen LogP contribution in [0.1, 0.15) is 6.92 Å². The largest absolute Gasteiger partial charge is 0.497 e. The number of carbonyl (C=O) groups excluding carboxylic acids is 2. The molecule has 1 aromatic carbocycles. The quantitative estimate of drug-likeness (QED) is 0.760. The van der Waals surface area contributed by atoms with Gasteiger partial charge in [-0.2, -0.15) is 0 Å². The summed E-state index contributed by atoms with van der Waals surface area (Å²) in [4.78, 5) is 24.8. The molecule has 19 heavy (non-hydrogen) atoms. The molecular weight excluding hydrogens is 248 g/mol. The van der Waals surface area contributed by atoms with Crippen LogP contribution in [0.2, 0.25) is 0 Å². The van der Waals surface area contributed by atoms with Gasteiger partial charge in [-0.05, 0) is 31.2 Å². The highest BCUT2D eigenvalue weighted by Gasteiger charge is 2.20. The standard InChI is InChI=1S/C13H18N2O4/c1-3-15(8-9-16)13(18)12(17)14-10-4-6-11(19-2)7-5-10/h4-7,16H,3,8-9H2,1-2H3,(H,14,17). The van der Waals surface area contributed by atoms with Gasteiger partial charge in [0.15, 0.2) is 0 Å². The van der Waals surface area contributed by atoms with E-state index in [1.165, 1.54) is 4.90 Å².